The molecule has 1 atom stereocenters. The van der Waals surface area contributed by atoms with Crippen LogP contribution in [-0.2, 0) is 0 Å². The van der Waals surface area contributed by atoms with Crippen molar-refractivity contribution in [1.82, 2.24) is 4.90 Å². The Morgan fingerprint density at radius 3 is 2.41 bits per heavy atom. The Hall–Kier alpha value is -1.20. The Morgan fingerprint density at radius 2 is 1.94 bits per heavy atom. The van der Waals surface area contributed by atoms with Gasteiger partial charge in [-0.25, -0.2) is 8.78 Å². The Bertz CT molecular complexity index is 385. The van der Waals surface area contributed by atoms with Crippen molar-refractivity contribution in [2.75, 3.05) is 27.2 Å². The predicted octanol–water partition coefficient (Wildman–Crippen LogP) is 1.62. The molecule has 0 heterocycles. The number of hydrogen-bond acceptors (Lipinski definition) is 3. The highest BCUT2D eigenvalue weighted by Crippen LogP contribution is 2.18. The van der Waals surface area contributed by atoms with E-state index in [-0.39, 0.29) is 5.54 Å². The summed E-state index contributed by atoms with van der Waals surface area (Å²) in [7, 11) is 3.78. The van der Waals surface area contributed by atoms with Gasteiger partial charge in [-0.2, -0.15) is 0 Å². The number of benzene rings is 1. The van der Waals surface area contributed by atoms with E-state index in [1.807, 2.05) is 25.9 Å². The van der Waals surface area contributed by atoms with Crippen LogP contribution in [0.3, 0.4) is 0 Å². The molecule has 17 heavy (non-hydrogen) atoms. The minimum absolute atomic E-state index is 0.297. The molecular weight excluding hydrogens is 226 g/mol. The fourth-order valence-corrected chi connectivity index (χ4v) is 1.18. The van der Waals surface area contributed by atoms with Crippen molar-refractivity contribution in [3.63, 3.8) is 0 Å². The average Bonchev–Trinajstić information content (AvgIpc) is 2.30. The van der Waals surface area contributed by atoms with Crippen LogP contribution in [0.4, 0.5) is 8.78 Å². The number of nitrogens with two attached hydrogens (primary N) is 1. The molecule has 0 aliphatic rings. The van der Waals surface area contributed by atoms with E-state index in [2.05, 4.69) is 0 Å². The maximum Gasteiger partial charge on any atom is 0.162 e. The summed E-state index contributed by atoms with van der Waals surface area (Å²) >= 11 is 0. The van der Waals surface area contributed by atoms with E-state index in [0.29, 0.717) is 18.9 Å². The highest BCUT2D eigenvalue weighted by molar-refractivity contribution is 5.23. The van der Waals surface area contributed by atoms with E-state index in [1.54, 1.807) is 0 Å². The summed E-state index contributed by atoms with van der Waals surface area (Å²) in [5.41, 5.74) is 5.33. The number of ether oxygens (including phenoxy) is 1. The molecule has 1 aromatic rings. The number of likely N-dealkylation sites (N-methyl/N-ethyl adjacent to an activating group) is 1. The lowest BCUT2D eigenvalue weighted by Crippen LogP contribution is -2.52. The van der Waals surface area contributed by atoms with E-state index in [1.165, 1.54) is 6.07 Å². The molecule has 96 valence electrons. The molecule has 3 nitrogen and oxygen atoms in total. The molecule has 0 bridgehead atoms. The van der Waals surface area contributed by atoms with Crippen molar-refractivity contribution in [1.29, 1.82) is 0 Å². The summed E-state index contributed by atoms with van der Waals surface area (Å²) < 4.78 is 31.1. The topological polar surface area (TPSA) is 38.5 Å². The largest absolute Gasteiger partial charge is 0.492 e. The zero-order chi connectivity index (χ0) is 13.1. The zero-order valence-electron chi connectivity index (χ0n) is 10.3. The molecule has 0 saturated carbocycles. The molecule has 1 rings (SSSR count). The first-order valence-corrected chi connectivity index (χ1v) is 5.34. The summed E-state index contributed by atoms with van der Waals surface area (Å²) in [6.45, 7) is 2.65. The van der Waals surface area contributed by atoms with Gasteiger partial charge in [0.05, 0.1) is 5.54 Å². The highest BCUT2D eigenvalue weighted by atomic mass is 19.2. The van der Waals surface area contributed by atoms with Gasteiger partial charge in [-0.1, -0.05) is 0 Å². The first-order valence-electron chi connectivity index (χ1n) is 5.34. The molecule has 0 aliphatic heterocycles. The second-order valence-corrected chi connectivity index (χ2v) is 4.46. The van der Waals surface area contributed by atoms with Crippen LogP contribution in [0.1, 0.15) is 6.92 Å². The SMILES string of the molecule is CN(C)C(C)(CN)COc1ccc(F)c(F)c1. The first-order chi connectivity index (χ1) is 7.89. The van der Waals surface area contributed by atoms with Crippen LogP contribution < -0.4 is 10.5 Å². The van der Waals surface area contributed by atoms with E-state index < -0.39 is 11.6 Å². The van der Waals surface area contributed by atoms with Crippen LogP contribution >= 0.6 is 0 Å². The lowest BCUT2D eigenvalue weighted by atomic mass is 10.0. The number of rotatable bonds is 5. The molecule has 0 radical (unpaired) electrons. The van der Waals surface area contributed by atoms with Gasteiger partial charge >= 0.3 is 0 Å². The van der Waals surface area contributed by atoms with Gasteiger partial charge in [0.1, 0.15) is 12.4 Å². The molecule has 1 unspecified atom stereocenters. The number of hydrogen-bond donors (Lipinski definition) is 1. The second-order valence-electron chi connectivity index (χ2n) is 4.46. The zero-order valence-corrected chi connectivity index (χ0v) is 10.3. The van der Waals surface area contributed by atoms with Crippen LogP contribution in [-0.4, -0.2) is 37.7 Å². The van der Waals surface area contributed by atoms with Crippen LogP contribution in [0.2, 0.25) is 0 Å². The van der Waals surface area contributed by atoms with Crippen molar-refractivity contribution in [2.45, 2.75) is 12.5 Å². The Morgan fingerprint density at radius 1 is 1.29 bits per heavy atom. The molecule has 2 N–H and O–H groups in total. The van der Waals surface area contributed by atoms with E-state index in [4.69, 9.17) is 10.5 Å². The normalized spacial score (nSPS) is 14.8. The van der Waals surface area contributed by atoms with Crippen molar-refractivity contribution in [3.8, 4) is 5.75 Å². The van der Waals surface area contributed by atoms with Gasteiger partial charge in [-0.15, -0.1) is 0 Å². The molecule has 1 aromatic carbocycles. The van der Waals surface area contributed by atoms with Crippen molar-refractivity contribution < 1.29 is 13.5 Å². The third-order valence-electron chi connectivity index (χ3n) is 2.96. The monoisotopic (exact) mass is 244 g/mol. The molecular formula is C12H18F2N2O. The Labute approximate surface area is 100 Å². The third kappa shape index (κ3) is 3.38. The summed E-state index contributed by atoms with van der Waals surface area (Å²) in [4.78, 5) is 1.94. The molecule has 0 aromatic heterocycles. The molecule has 0 spiro atoms. The van der Waals surface area contributed by atoms with E-state index in [9.17, 15) is 8.78 Å². The highest BCUT2D eigenvalue weighted by Gasteiger charge is 2.26. The maximum atomic E-state index is 12.9. The third-order valence-corrected chi connectivity index (χ3v) is 2.96. The lowest BCUT2D eigenvalue weighted by Gasteiger charge is -2.34. The molecule has 0 aliphatic carbocycles. The minimum Gasteiger partial charge on any atom is -0.492 e. The van der Waals surface area contributed by atoms with Gasteiger partial charge in [-0.05, 0) is 33.2 Å². The molecule has 0 saturated heterocycles. The molecule has 0 amide bonds. The summed E-state index contributed by atoms with van der Waals surface area (Å²) in [6.07, 6.45) is 0. The van der Waals surface area contributed by atoms with Gasteiger partial charge in [0, 0.05) is 12.6 Å². The van der Waals surface area contributed by atoms with E-state index >= 15 is 0 Å². The fraction of sp³-hybridized carbons (Fsp3) is 0.500. The Kier molecular flexibility index (Phi) is 4.42. The number of nitrogens with zero attached hydrogens (tertiary/aromatic N) is 1. The van der Waals surface area contributed by atoms with Gasteiger partial charge in [0.15, 0.2) is 11.6 Å². The smallest absolute Gasteiger partial charge is 0.162 e. The molecule has 5 heteroatoms. The van der Waals surface area contributed by atoms with E-state index in [0.717, 1.165) is 12.1 Å². The summed E-state index contributed by atoms with van der Waals surface area (Å²) in [6, 6.07) is 3.47. The van der Waals surface area contributed by atoms with Crippen LogP contribution in [0.5, 0.6) is 5.75 Å². The van der Waals surface area contributed by atoms with Crippen LogP contribution in [0, 0.1) is 11.6 Å². The Balaban J connectivity index is 2.69. The van der Waals surface area contributed by atoms with Gasteiger partial charge in [-0.3, -0.25) is 4.90 Å². The fourth-order valence-electron chi connectivity index (χ4n) is 1.18. The van der Waals surface area contributed by atoms with Crippen molar-refractivity contribution >= 4 is 0 Å². The average molecular weight is 244 g/mol. The van der Waals surface area contributed by atoms with Crippen LogP contribution in [0.25, 0.3) is 0 Å². The van der Waals surface area contributed by atoms with Gasteiger partial charge < -0.3 is 10.5 Å². The maximum absolute atomic E-state index is 12.9. The van der Waals surface area contributed by atoms with Crippen molar-refractivity contribution in [3.05, 3.63) is 29.8 Å². The minimum atomic E-state index is -0.915. The molecule has 0 fully saturated rings. The van der Waals surface area contributed by atoms with Gasteiger partial charge in [0.25, 0.3) is 0 Å². The predicted molar refractivity (Wildman–Crippen MR) is 63.0 cm³/mol. The van der Waals surface area contributed by atoms with Crippen molar-refractivity contribution in [2.24, 2.45) is 5.73 Å². The number of halogens is 2. The van der Waals surface area contributed by atoms with Gasteiger partial charge in [0.2, 0.25) is 0 Å². The first kappa shape index (κ1) is 13.9. The summed E-state index contributed by atoms with van der Waals surface area (Å²) in [5, 5.41) is 0. The second kappa shape index (κ2) is 5.42. The van der Waals surface area contributed by atoms with Crippen LogP contribution in [0.15, 0.2) is 18.2 Å². The lowest BCUT2D eigenvalue weighted by molar-refractivity contribution is 0.104. The summed E-state index contributed by atoms with van der Waals surface area (Å²) in [5.74, 6) is -1.50. The standard InChI is InChI=1S/C12H18F2N2O/c1-12(7-15,16(2)3)8-17-9-4-5-10(13)11(14)6-9/h4-6H,7-8,15H2,1-3H3. The quantitative estimate of drug-likeness (QED) is 0.855.